The lowest BCUT2D eigenvalue weighted by atomic mass is 9.78. The molecule has 0 amide bonds. The van der Waals surface area contributed by atoms with E-state index in [2.05, 4.69) is 38.1 Å². The second-order valence-electron chi connectivity index (χ2n) is 11.6. The molecule has 3 rings (SSSR count). The van der Waals surface area contributed by atoms with E-state index in [4.69, 9.17) is 4.74 Å². The third kappa shape index (κ3) is 10.4. The Kier molecular flexibility index (Phi) is 12.8. The van der Waals surface area contributed by atoms with Gasteiger partial charge in [-0.25, -0.2) is 0 Å². The Balaban J connectivity index is 1.21. The zero-order valence-electron chi connectivity index (χ0n) is 22.2. The van der Waals surface area contributed by atoms with Crippen LogP contribution in [-0.2, 0) is 6.42 Å². The van der Waals surface area contributed by atoms with Crippen LogP contribution in [0.5, 0.6) is 5.75 Å². The molecule has 0 bridgehead atoms. The number of hydrogen-bond donors (Lipinski definition) is 0. The summed E-state index contributed by atoms with van der Waals surface area (Å²) in [5.41, 5.74) is 1.49. The summed E-state index contributed by atoms with van der Waals surface area (Å²) in [6, 6.07) is 9.02. The normalized spacial score (nSPS) is 25.8. The standard InChI is InChI=1S/C32H54O/c1-3-5-6-7-10-28-14-16-29(17-15-28)11-8-26-33-32-24-22-31(23-25-32)21-20-30-18-12-27(9-4-2)13-19-30/h22-25,27-30H,3-21,26H2,1-2H3. The quantitative estimate of drug-likeness (QED) is 0.239. The van der Waals surface area contributed by atoms with Crippen LogP contribution < -0.4 is 4.74 Å². The smallest absolute Gasteiger partial charge is 0.119 e. The van der Waals surface area contributed by atoms with Crippen LogP contribution in [0.4, 0.5) is 0 Å². The van der Waals surface area contributed by atoms with Crippen molar-refractivity contribution in [3.63, 3.8) is 0 Å². The Morgan fingerprint density at radius 3 is 1.70 bits per heavy atom. The second kappa shape index (κ2) is 15.8. The summed E-state index contributed by atoms with van der Waals surface area (Å²) < 4.78 is 6.08. The largest absolute Gasteiger partial charge is 0.494 e. The van der Waals surface area contributed by atoms with Crippen molar-refractivity contribution in [3.8, 4) is 5.75 Å². The number of aryl methyl sites for hydroxylation is 1. The first-order valence-corrected chi connectivity index (χ1v) is 15.0. The topological polar surface area (TPSA) is 9.23 Å². The fraction of sp³-hybridized carbons (Fsp3) is 0.812. The van der Waals surface area contributed by atoms with E-state index in [-0.39, 0.29) is 0 Å². The van der Waals surface area contributed by atoms with Gasteiger partial charge in [-0.3, -0.25) is 0 Å². The molecule has 1 aromatic rings. The molecule has 0 atom stereocenters. The zero-order valence-corrected chi connectivity index (χ0v) is 22.2. The van der Waals surface area contributed by atoms with Crippen LogP contribution in [0, 0.1) is 23.7 Å². The first-order chi connectivity index (χ1) is 16.3. The summed E-state index contributed by atoms with van der Waals surface area (Å²) in [5.74, 6) is 5.04. The third-order valence-electron chi connectivity index (χ3n) is 8.89. The third-order valence-corrected chi connectivity index (χ3v) is 8.89. The Hall–Kier alpha value is -0.980. The van der Waals surface area contributed by atoms with Gasteiger partial charge in [0, 0.05) is 0 Å². The lowest BCUT2D eigenvalue weighted by Gasteiger charge is -2.28. The van der Waals surface area contributed by atoms with Crippen molar-refractivity contribution in [3.05, 3.63) is 29.8 Å². The molecule has 1 heteroatoms. The van der Waals surface area contributed by atoms with E-state index in [1.165, 1.54) is 128 Å². The van der Waals surface area contributed by atoms with Gasteiger partial charge < -0.3 is 4.74 Å². The number of benzene rings is 1. The van der Waals surface area contributed by atoms with Crippen molar-refractivity contribution >= 4 is 0 Å². The van der Waals surface area contributed by atoms with Crippen LogP contribution >= 0.6 is 0 Å². The molecule has 0 aromatic heterocycles. The van der Waals surface area contributed by atoms with Crippen molar-refractivity contribution in [1.82, 2.24) is 0 Å². The van der Waals surface area contributed by atoms with E-state index in [1.807, 2.05) is 0 Å². The minimum absolute atomic E-state index is 0.886. The summed E-state index contributed by atoms with van der Waals surface area (Å²) in [4.78, 5) is 0. The van der Waals surface area contributed by atoms with Crippen LogP contribution in [0.3, 0.4) is 0 Å². The number of hydrogen-bond acceptors (Lipinski definition) is 1. The van der Waals surface area contributed by atoms with Gasteiger partial charge in [0.15, 0.2) is 0 Å². The molecule has 2 fully saturated rings. The van der Waals surface area contributed by atoms with Gasteiger partial charge in [0.05, 0.1) is 6.61 Å². The molecule has 0 saturated heterocycles. The van der Waals surface area contributed by atoms with E-state index in [1.54, 1.807) is 0 Å². The fourth-order valence-corrected chi connectivity index (χ4v) is 6.57. The lowest BCUT2D eigenvalue weighted by Crippen LogP contribution is -2.15. The number of unbranched alkanes of at least 4 members (excludes halogenated alkanes) is 3. The second-order valence-corrected chi connectivity index (χ2v) is 11.6. The molecule has 0 aliphatic heterocycles. The molecule has 1 nitrogen and oxygen atoms in total. The van der Waals surface area contributed by atoms with Gasteiger partial charge in [-0.1, -0.05) is 122 Å². The molecular formula is C32H54O. The van der Waals surface area contributed by atoms with Crippen molar-refractivity contribution in [2.75, 3.05) is 6.61 Å². The summed E-state index contributed by atoms with van der Waals surface area (Å²) in [7, 11) is 0. The molecule has 0 unspecified atom stereocenters. The van der Waals surface area contributed by atoms with E-state index < -0.39 is 0 Å². The summed E-state index contributed by atoms with van der Waals surface area (Å²) >= 11 is 0. The van der Waals surface area contributed by atoms with Crippen LogP contribution in [0.1, 0.15) is 135 Å². The first-order valence-electron chi connectivity index (χ1n) is 15.0. The van der Waals surface area contributed by atoms with E-state index in [9.17, 15) is 0 Å². The zero-order chi connectivity index (χ0) is 23.1. The van der Waals surface area contributed by atoms with Crippen molar-refractivity contribution in [2.45, 2.75) is 136 Å². The average Bonchev–Trinajstić information content (AvgIpc) is 2.86. The highest BCUT2D eigenvalue weighted by molar-refractivity contribution is 5.27. The van der Waals surface area contributed by atoms with Gasteiger partial charge in [-0.2, -0.15) is 0 Å². The molecule has 1 aromatic carbocycles. The maximum Gasteiger partial charge on any atom is 0.119 e. The predicted octanol–water partition coefficient (Wildman–Crippen LogP) is 10.2. The molecule has 33 heavy (non-hydrogen) atoms. The predicted molar refractivity (Wildman–Crippen MR) is 144 cm³/mol. The summed E-state index contributed by atoms with van der Waals surface area (Å²) in [6.07, 6.45) is 27.0. The molecule has 0 N–H and O–H groups in total. The maximum absolute atomic E-state index is 6.08. The van der Waals surface area contributed by atoms with Gasteiger partial charge in [0.1, 0.15) is 5.75 Å². The molecule has 2 aliphatic rings. The lowest BCUT2D eigenvalue weighted by molar-refractivity contribution is 0.228. The average molecular weight is 455 g/mol. The minimum Gasteiger partial charge on any atom is -0.494 e. The van der Waals surface area contributed by atoms with E-state index >= 15 is 0 Å². The molecule has 0 spiro atoms. The van der Waals surface area contributed by atoms with Crippen molar-refractivity contribution in [1.29, 1.82) is 0 Å². The maximum atomic E-state index is 6.08. The molecule has 0 radical (unpaired) electrons. The first kappa shape index (κ1) is 26.6. The molecular weight excluding hydrogens is 400 g/mol. The van der Waals surface area contributed by atoms with E-state index in [0.29, 0.717) is 0 Å². The number of ether oxygens (including phenoxy) is 1. The minimum atomic E-state index is 0.886. The van der Waals surface area contributed by atoms with Gasteiger partial charge in [-0.05, 0) is 67.1 Å². The molecule has 2 aliphatic carbocycles. The highest BCUT2D eigenvalue weighted by atomic mass is 16.5. The van der Waals surface area contributed by atoms with Gasteiger partial charge in [0.25, 0.3) is 0 Å². The van der Waals surface area contributed by atoms with Crippen LogP contribution in [0.15, 0.2) is 24.3 Å². The van der Waals surface area contributed by atoms with Crippen molar-refractivity contribution in [2.24, 2.45) is 23.7 Å². The summed E-state index contributed by atoms with van der Waals surface area (Å²) in [6.45, 7) is 5.53. The molecule has 2 saturated carbocycles. The Bertz CT molecular complexity index is 589. The summed E-state index contributed by atoms with van der Waals surface area (Å²) in [5, 5.41) is 0. The molecule has 188 valence electrons. The van der Waals surface area contributed by atoms with E-state index in [0.717, 1.165) is 36.0 Å². The number of rotatable bonds is 15. The van der Waals surface area contributed by atoms with Crippen molar-refractivity contribution < 1.29 is 4.74 Å². The van der Waals surface area contributed by atoms with Crippen LogP contribution in [0.2, 0.25) is 0 Å². The highest BCUT2D eigenvalue weighted by Crippen LogP contribution is 2.35. The van der Waals surface area contributed by atoms with Gasteiger partial charge in [0.2, 0.25) is 0 Å². The van der Waals surface area contributed by atoms with Gasteiger partial charge in [-0.15, -0.1) is 0 Å². The molecule has 0 heterocycles. The Labute approximate surface area is 206 Å². The SMILES string of the molecule is CCCCCCC1CCC(CCCOc2ccc(CCC3CCC(CCC)CC3)cc2)CC1. The van der Waals surface area contributed by atoms with Crippen LogP contribution in [-0.4, -0.2) is 6.61 Å². The van der Waals surface area contributed by atoms with Crippen LogP contribution in [0.25, 0.3) is 0 Å². The Morgan fingerprint density at radius 1 is 0.576 bits per heavy atom. The fourth-order valence-electron chi connectivity index (χ4n) is 6.57. The van der Waals surface area contributed by atoms with Gasteiger partial charge >= 0.3 is 0 Å². The monoisotopic (exact) mass is 454 g/mol. The highest BCUT2D eigenvalue weighted by Gasteiger charge is 2.21. The Morgan fingerprint density at radius 2 is 1.12 bits per heavy atom.